The summed E-state index contributed by atoms with van der Waals surface area (Å²) in [5.41, 5.74) is 1.35. The number of nitrogens with zero attached hydrogens (tertiary/aromatic N) is 7. The summed E-state index contributed by atoms with van der Waals surface area (Å²) in [4.78, 5) is 37.5. The Bertz CT molecular complexity index is 1280. The van der Waals surface area contributed by atoms with Gasteiger partial charge in [0.05, 0.1) is 18.3 Å². The van der Waals surface area contributed by atoms with Crippen LogP contribution in [0, 0.1) is 11.9 Å². The second-order valence-electron chi connectivity index (χ2n) is 10.3. The Balaban J connectivity index is 1.23. The number of aromatic nitrogens is 5. The van der Waals surface area contributed by atoms with Crippen molar-refractivity contribution in [3.63, 3.8) is 0 Å². The summed E-state index contributed by atoms with van der Waals surface area (Å²) in [6.45, 7) is 9.62. The Labute approximate surface area is 214 Å². The molecule has 0 aromatic carbocycles. The van der Waals surface area contributed by atoms with Gasteiger partial charge < -0.3 is 19.3 Å². The summed E-state index contributed by atoms with van der Waals surface area (Å²) in [6.07, 6.45) is 5.43. The number of halogens is 1. The van der Waals surface area contributed by atoms with Gasteiger partial charge in [-0.2, -0.15) is 4.39 Å². The second kappa shape index (κ2) is 9.87. The number of hydrogen-bond acceptors (Lipinski definition) is 9. The summed E-state index contributed by atoms with van der Waals surface area (Å²) in [7, 11) is 0. The first-order valence-electron chi connectivity index (χ1n) is 12.3. The molecule has 5 heterocycles. The van der Waals surface area contributed by atoms with Gasteiger partial charge in [0.1, 0.15) is 17.2 Å². The molecule has 1 unspecified atom stereocenters. The van der Waals surface area contributed by atoms with Gasteiger partial charge in [0.2, 0.25) is 5.95 Å². The van der Waals surface area contributed by atoms with Gasteiger partial charge in [0, 0.05) is 68.3 Å². The number of hydrogen-bond donors (Lipinski definition) is 0. The molecule has 0 bridgehead atoms. The van der Waals surface area contributed by atoms with Crippen molar-refractivity contribution in [2.24, 2.45) is 5.92 Å². The van der Waals surface area contributed by atoms with Crippen molar-refractivity contribution in [1.82, 2.24) is 29.8 Å². The van der Waals surface area contributed by atoms with E-state index in [1.807, 2.05) is 32.6 Å². The van der Waals surface area contributed by atoms with Crippen molar-refractivity contribution < 1.29 is 18.7 Å². The van der Waals surface area contributed by atoms with Gasteiger partial charge in [-0.3, -0.25) is 0 Å². The maximum atomic E-state index is 14.5. The normalized spacial score (nSPS) is 17.7. The second-order valence-corrected chi connectivity index (χ2v) is 10.3. The van der Waals surface area contributed by atoms with Crippen LogP contribution in [0.1, 0.15) is 45.0 Å². The van der Waals surface area contributed by atoms with E-state index in [0.29, 0.717) is 55.9 Å². The van der Waals surface area contributed by atoms with Crippen LogP contribution in [0.5, 0.6) is 5.75 Å². The van der Waals surface area contributed by atoms with E-state index in [-0.39, 0.29) is 18.1 Å². The van der Waals surface area contributed by atoms with E-state index in [4.69, 9.17) is 9.47 Å². The number of rotatable bonds is 5. The summed E-state index contributed by atoms with van der Waals surface area (Å²) < 4.78 is 25.7. The Morgan fingerprint density at radius 2 is 1.86 bits per heavy atom. The van der Waals surface area contributed by atoms with Crippen LogP contribution in [-0.4, -0.2) is 67.8 Å². The number of anilines is 1. The number of pyridine rings is 1. The van der Waals surface area contributed by atoms with Crippen LogP contribution in [-0.2, 0) is 11.2 Å². The molecule has 0 saturated carbocycles. The zero-order valence-electron chi connectivity index (χ0n) is 21.4. The lowest BCUT2D eigenvalue weighted by Gasteiger charge is -2.39. The SMILES string of the molecule is CC1c2cnc(-c3ncccn3)nc2CCN1c1cc(OCC2CN(C(=O)OC(C)(C)C)C2)cc(F)n1. The van der Waals surface area contributed by atoms with Gasteiger partial charge in [0.15, 0.2) is 11.6 Å². The lowest BCUT2D eigenvalue weighted by molar-refractivity contribution is -0.00782. The molecule has 5 rings (SSSR count). The van der Waals surface area contributed by atoms with Crippen molar-refractivity contribution in [2.45, 2.75) is 45.8 Å². The molecule has 1 amide bonds. The highest BCUT2D eigenvalue weighted by molar-refractivity contribution is 5.69. The molecule has 1 fully saturated rings. The number of amides is 1. The topological polar surface area (TPSA) is 106 Å². The van der Waals surface area contributed by atoms with E-state index < -0.39 is 11.5 Å². The van der Waals surface area contributed by atoms with Crippen LogP contribution in [0.15, 0.2) is 36.8 Å². The molecule has 0 N–H and O–H groups in total. The summed E-state index contributed by atoms with van der Waals surface area (Å²) in [5.74, 6) is 1.42. The molecule has 3 aromatic heterocycles. The standard InChI is InChI=1S/C26H30FN7O3/c1-16-19-12-30-24(23-28-7-5-8-29-23)31-20(19)6-9-34(16)22-11-18(10-21(27)32-22)36-15-17-13-33(14-17)25(35)37-26(2,3)4/h5,7-8,10-12,16-17H,6,9,13-15H2,1-4H3. The first-order chi connectivity index (χ1) is 17.7. The third kappa shape index (κ3) is 5.60. The molecule has 1 atom stereocenters. The van der Waals surface area contributed by atoms with E-state index >= 15 is 0 Å². The smallest absolute Gasteiger partial charge is 0.410 e. The summed E-state index contributed by atoms with van der Waals surface area (Å²) >= 11 is 0. The van der Waals surface area contributed by atoms with E-state index in [1.165, 1.54) is 6.07 Å². The van der Waals surface area contributed by atoms with Crippen LogP contribution in [0.2, 0.25) is 0 Å². The highest BCUT2D eigenvalue weighted by Crippen LogP contribution is 2.34. The van der Waals surface area contributed by atoms with Crippen LogP contribution in [0.3, 0.4) is 0 Å². The molecule has 2 aliphatic heterocycles. The lowest BCUT2D eigenvalue weighted by atomic mass is 9.99. The average molecular weight is 508 g/mol. The van der Waals surface area contributed by atoms with Gasteiger partial charge in [-0.25, -0.2) is 29.7 Å². The number of fused-ring (bicyclic) bond motifs is 1. The Morgan fingerprint density at radius 3 is 2.59 bits per heavy atom. The van der Waals surface area contributed by atoms with Crippen molar-refractivity contribution in [2.75, 3.05) is 31.1 Å². The van der Waals surface area contributed by atoms with Gasteiger partial charge >= 0.3 is 6.09 Å². The number of likely N-dealkylation sites (tertiary alicyclic amines) is 1. The first-order valence-corrected chi connectivity index (χ1v) is 12.3. The Morgan fingerprint density at radius 1 is 1.11 bits per heavy atom. The largest absolute Gasteiger partial charge is 0.493 e. The number of ether oxygens (including phenoxy) is 2. The fraction of sp³-hybridized carbons (Fsp3) is 0.462. The molecule has 0 radical (unpaired) electrons. The van der Waals surface area contributed by atoms with Gasteiger partial charge in [-0.15, -0.1) is 0 Å². The zero-order valence-corrected chi connectivity index (χ0v) is 21.4. The van der Waals surface area contributed by atoms with Gasteiger partial charge in [0.25, 0.3) is 0 Å². The molecular formula is C26H30FN7O3. The number of carbonyl (C=O) groups is 1. The quantitative estimate of drug-likeness (QED) is 0.476. The number of carbonyl (C=O) groups excluding carboxylic acids is 1. The van der Waals surface area contributed by atoms with E-state index in [2.05, 4.69) is 24.9 Å². The lowest BCUT2D eigenvalue weighted by Crippen LogP contribution is -2.53. The molecule has 2 aliphatic rings. The van der Waals surface area contributed by atoms with Crippen molar-refractivity contribution >= 4 is 11.9 Å². The van der Waals surface area contributed by atoms with E-state index in [9.17, 15) is 9.18 Å². The average Bonchev–Trinajstić information content (AvgIpc) is 2.82. The van der Waals surface area contributed by atoms with E-state index in [1.54, 1.807) is 35.6 Å². The molecule has 1 saturated heterocycles. The van der Waals surface area contributed by atoms with Crippen LogP contribution in [0.4, 0.5) is 15.0 Å². The minimum absolute atomic E-state index is 0.106. The predicted molar refractivity (Wildman–Crippen MR) is 134 cm³/mol. The van der Waals surface area contributed by atoms with Crippen LogP contribution in [0.25, 0.3) is 11.6 Å². The van der Waals surface area contributed by atoms with Gasteiger partial charge in [-0.05, 0) is 33.8 Å². The minimum atomic E-state index is -0.609. The summed E-state index contributed by atoms with van der Waals surface area (Å²) in [6, 6.07) is 4.68. The Hall–Kier alpha value is -3.89. The maximum Gasteiger partial charge on any atom is 0.410 e. The fourth-order valence-electron chi connectivity index (χ4n) is 4.45. The van der Waals surface area contributed by atoms with E-state index in [0.717, 1.165) is 11.3 Å². The molecule has 37 heavy (non-hydrogen) atoms. The van der Waals surface area contributed by atoms with Gasteiger partial charge in [-0.1, -0.05) is 0 Å². The van der Waals surface area contributed by atoms with Crippen molar-refractivity contribution in [3.05, 3.63) is 54.0 Å². The highest BCUT2D eigenvalue weighted by Gasteiger charge is 2.34. The first kappa shape index (κ1) is 24.8. The molecule has 0 spiro atoms. The summed E-state index contributed by atoms with van der Waals surface area (Å²) in [5, 5.41) is 0. The molecule has 194 valence electrons. The molecule has 0 aliphatic carbocycles. The highest BCUT2D eigenvalue weighted by atomic mass is 19.1. The maximum absolute atomic E-state index is 14.5. The molecule has 11 heteroatoms. The Kier molecular flexibility index (Phi) is 6.61. The molecule has 10 nitrogen and oxygen atoms in total. The van der Waals surface area contributed by atoms with Crippen molar-refractivity contribution in [3.8, 4) is 17.4 Å². The monoisotopic (exact) mass is 507 g/mol. The van der Waals surface area contributed by atoms with Crippen LogP contribution >= 0.6 is 0 Å². The predicted octanol–water partition coefficient (Wildman–Crippen LogP) is 3.84. The minimum Gasteiger partial charge on any atom is -0.493 e. The fourth-order valence-corrected chi connectivity index (χ4v) is 4.45. The third-order valence-electron chi connectivity index (χ3n) is 6.32. The van der Waals surface area contributed by atoms with Crippen LogP contribution < -0.4 is 9.64 Å². The third-order valence-corrected chi connectivity index (χ3v) is 6.32. The zero-order chi connectivity index (χ0) is 26.2. The molecular weight excluding hydrogens is 477 g/mol. The molecule has 3 aromatic rings. The van der Waals surface area contributed by atoms with Crippen molar-refractivity contribution in [1.29, 1.82) is 0 Å².